The summed E-state index contributed by atoms with van der Waals surface area (Å²) in [5.41, 5.74) is 0. The number of aliphatic hydroxyl groups excluding tert-OH is 1. The van der Waals surface area contributed by atoms with Crippen molar-refractivity contribution in [2.45, 2.75) is 39.2 Å². The van der Waals surface area contributed by atoms with Crippen LogP contribution < -0.4 is 0 Å². The van der Waals surface area contributed by atoms with Crippen LogP contribution in [0.15, 0.2) is 0 Å². The second-order valence-electron chi connectivity index (χ2n) is 3.80. The number of rotatable bonds is 5. The van der Waals surface area contributed by atoms with Crippen LogP contribution in [0.3, 0.4) is 0 Å². The van der Waals surface area contributed by atoms with Gasteiger partial charge in [-0.1, -0.05) is 13.8 Å². The molecule has 12 heavy (non-hydrogen) atoms. The van der Waals surface area contributed by atoms with Crippen LogP contribution in [-0.2, 0) is 0 Å². The summed E-state index contributed by atoms with van der Waals surface area (Å²) in [6.07, 6.45) is 3.67. The SMILES string of the molecule is CCCN(CC)[C@H]1C[C@H](CO)C1. The van der Waals surface area contributed by atoms with Gasteiger partial charge in [-0.25, -0.2) is 0 Å². The Morgan fingerprint density at radius 3 is 2.42 bits per heavy atom. The van der Waals surface area contributed by atoms with Crippen molar-refractivity contribution in [3.63, 3.8) is 0 Å². The highest BCUT2D eigenvalue weighted by Crippen LogP contribution is 2.31. The van der Waals surface area contributed by atoms with Crippen molar-refractivity contribution in [1.82, 2.24) is 4.90 Å². The van der Waals surface area contributed by atoms with E-state index in [2.05, 4.69) is 18.7 Å². The van der Waals surface area contributed by atoms with Gasteiger partial charge < -0.3 is 10.0 Å². The number of aliphatic hydroxyl groups is 1. The molecule has 2 heteroatoms. The van der Waals surface area contributed by atoms with Crippen molar-refractivity contribution in [3.05, 3.63) is 0 Å². The van der Waals surface area contributed by atoms with Crippen LogP contribution in [-0.4, -0.2) is 35.7 Å². The smallest absolute Gasteiger partial charge is 0.0460 e. The second-order valence-corrected chi connectivity index (χ2v) is 3.80. The minimum Gasteiger partial charge on any atom is -0.396 e. The summed E-state index contributed by atoms with van der Waals surface area (Å²) in [4.78, 5) is 2.53. The molecule has 0 saturated heterocycles. The van der Waals surface area contributed by atoms with Gasteiger partial charge in [0.1, 0.15) is 0 Å². The first-order valence-corrected chi connectivity index (χ1v) is 5.16. The monoisotopic (exact) mass is 171 g/mol. The molecule has 0 radical (unpaired) electrons. The average molecular weight is 171 g/mol. The van der Waals surface area contributed by atoms with Crippen molar-refractivity contribution in [3.8, 4) is 0 Å². The van der Waals surface area contributed by atoms with Crippen molar-refractivity contribution in [1.29, 1.82) is 0 Å². The van der Waals surface area contributed by atoms with Gasteiger partial charge in [0.2, 0.25) is 0 Å². The first kappa shape index (κ1) is 10.0. The summed E-state index contributed by atoms with van der Waals surface area (Å²) in [6, 6.07) is 0.770. The molecule has 0 aromatic heterocycles. The van der Waals surface area contributed by atoms with Gasteiger partial charge in [0, 0.05) is 12.6 Å². The Labute approximate surface area is 75.6 Å². The lowest BCUT2D eigenvalue weighted by atomic mass is 9.80. The third-order valence-electron chi connectivity index (χ3n) is 2.90. The van der Waals surface area contributed by atoms with E-state index in [4.69, 9.17) is 5.11 Å². The predicted octanol–water partition coefficient (Wildman–Crippen LogP) is 1.49. The summed E-state index contributed by atoms with van der Waals surface area (Å²) in [5.74, 6) is 0.598. The molecular weight excluding hydrogens is 150 g/mol. The minimum absolute atomic E-state index is 0.389. The third kappa shape index (κ3) is 2.20. The van der Waals surface area contributed by atoms with E-state index in [1.165, 1.54) is 25.8 Å². The lowest BCUT2D eigenvalue weighted by Gasteiger charge is -2.42. The van der Waals surface area contributed by atoms with Gasteiger partial charge in [-0.05, 0) is 38.3 Å². The summed E-state index contributed by atoms with van der Waals surface area (Å²) in [5, 5.41) is 8.87. The van der Waals surface area contributed by atoms with E-state index >= 15 is 0 Å². The topological polar surface area (TPSA) is 23.5 Å². The summed E-state index contributed by atoms with van der Waals surface area (Å²) < 4.78 is 0. The fourth-order valence-electron chi connectivity index (χ4n) is 2.03. The van der Waals surface area contributed by atoms with E-state index in [0.717, 1.165) is 12.6 Å². The van der Waals surface area contributed by atoms with E-state index < -0.39 is 0 Å². The first-order chi connectivity index (χ1) is 5.81. The van der Waals surface area contributed by atoms with Crippen LogP contribution in [0.1, 0.15) is 33.1 Å². The predicted molar refractivity (Wildman–Crippen MR) is 51.1 cm³/mol. The Bertz CT molecular complexity index is 121. The highest BCUT2D eigenvalue weighted by atomic mass is 16.3. The van der Waals surface area contributed by atoms with Crippen LogP contribution >= 0.6 is 0 Å². The Hall–Kier alpha value is -0.0800. The quantitative estimate of drug-likeness (QED) is 0.677. The molecule has 1 saturated carbocycles. The van der Waals surface area contributed by atoms with Gasteiger partial charge in [-0.2, -0.15) is 0 Å². The van der Waals surface area contributed by atoms with Crippen LogP contribution in [0.5, 0.6) is 0 Å². The summed E-state index contributed by atoms with van der Waals surface area (Å²) in [6.45, 7) is 7.23. The maximum atomic E-state index is 8.87. The first-order valence-electron chi connectivity index (χ1n) is 5.16. The molecule has 0 unspecified atom stereocenters. The molecule has 0 atom stereocenters. The molecule has 0 spiro atoms. The number of hydrogen-bond donors (Lipinski definition) is 1. The van der Waals surface area contributed by atoms with Gasteiger partial charge in [-0.15, -0.1) is 0 Å². The van der Waals surface area contributed by atoms with Gasteiger partial charge in [-0.3, -0.25) is 0 Å². The van der Waals surface area contributed by atoms with Crippen LogP contribution in [0.25, 0.3) is 0 Å². The molecule has 1 aliphatic rings. The van der Waals surface area contributed by atoms with Gasteiger partial charge in [0.25, 0.3) is 0 Å². The molecule has 0 bridgehead atoms. The molecular formula is C10H21NO. The molecule has 2 nitrogen and oxygen atoms in total. The molecule has 0 aliphatic heterocycles. The average Bonchev–Trinajstić information content (AvgIpc) is 2.01. The zero-order valence-electron chi connectivity index (χ0n) is 8.29. The molecule has 1 N–H and O–H groups in total. The lowest BCUT2D eigenvalue weighted by Crippen LogP contribution is -2.45. The molecule has 0 aromatic rings. The van der Waals surface area contributed by atoms with Crippen molar-refractivity contribution < 1.29 is 5.11 Å². The molecule has 0 amide bonds. The minimum atomic E-state index is 0.389. The molecule has 0 heterocycles. The van der Waals surface area contributed by atoms with Crippen molar-refractivity contribution >= 4 is 0 Å². The van der Waals surface area contributed by atoms with E-state index in [0.29, 0.717) is 12.5 Å². The third-order valence-corrected chi connectivity index (χ3v) is 2.90. The van der Waals surface area contributed by atoms with Crippen LogP contribution in [0.2, 0.25) is 0 Å². The highest BCUT2D eigenvalue weighted by molar-refractivity contribution is 4.86. The molecule has 1 fully saturated rings. The van der Waals surface area contributed by atoms with Gasteiger partial charge in [0.05, 0.1) is 0 Å². The highest BCUT2D eigenvalue weighted by Gasteiger charge is 2.31. The maximum absolute atomic E-state index is 8.87. The normalized spacial score (nSPS) is 29.0. The molecule has 1 aliphatic carbocycles. The van der Waals surface area contributed by atoms with E-state index in [1.54, 1.807) is 0 Å². The van der Waals surface area contributed by atoms with E-state index in [-0.39, 0.29) is 0 Å². The molecule has 1 rings (SSSR count). The molecule has 0 aromatic carbocycles. The van der Waals surface area contributed by atoms with Crippen LogP contribution in [0, 0.1) is 5.92 Å². The summed E-state index contributed by atoms with van der Waals surface area (Å²) in [7, 11) is 0. The lowest BCUT2D eigenvalue weighted by molar-refractivity contribution is 0.0484. The fourth-order valence-corrected chi connectivity index (χ4v) is 2.03. The fraction of sp³-hybridized carbons (Fsp3) is 1.00. The molecule has 72 valence electrons. The zero-order chi connectivity index (χ0) is 8.97. The summed E-state index contributed by atoms with van der Waals surface area (Å²) >= 11 is 0. The van der Waals surface area contributed by atoms with E-state index in [9.17, 15) is 0 Å². The largest absolute Gasteiger partial charge is 0.396 e. The van der Waals surface area contributed by atoms with Crippen LogP contribution in [0.4, 0.5) is 0 Å². The Morgan fingerprint density at radius 2 is 2.00 bits per heavy atom. The van der Waals surface area contributed by atoms with Crippen molar-refractivity contribution in [2.75, 3.05) is 19.7 Å². The zero-order valence-corrected chi connectivity index (χ0v) is 8.29. The standard InChI is InChI=1S/C10H21NO/c1-3-5-11(4-2)10-6-9(7-10)8-12/h9-10,12H,3-8H2,1-2H3/t9-,10-. The van der Waals surface area contributed by atoms with E-state index in [1.807, 2.05) is 0 Å². The number of nitrogens with zero attached hydrogens (tertiary/aromatic N) is 1. The second kappa shape index (κ2) is 4.83. The maximum Gasteiger partial charge on any atom is 0.0460 e. The van der Waals surface area contributed by atoms with Gasteiger partial charge in [0.15, 0.2) is 0 Å². The number of hydrogen-bond acceptors (Lipinski definition) is 2. The van der Waals surface area contributed by atoms with Crippen molar-refractivity contribution in [2.24, 2.45) is 5.92 Å². The Balaban J connectivity index is 2.19. The Kier molecular flexibility index (Phi) is 4.02. The van der Waals surface area contributed by atoms with Gasteiger partial charge >= 0.3 is 0 Å². The Morgan fingerprint density at radius 1 is 1.33 bits per heavy atom.